The summed E-state index contributed by atoms with van der Waals surface area (Å²) in [4.78, 5) is 9.70. The van der Waals surface area contributed by atoms with Crippen molar-refractivity contribution in [3.05, 3.63) is 0 Å². The maximum absolute atomic E-state index is 4.67. The zero-order chi connectivity index (χ0) is 13.5. The van der Waals surface area contributed by atoms with E-state index in [0.717, 1.165) is 25.6 Å². The Balaban J connectivity index is 1.65. The molecule has 19 heavy (non-hydrogen) atoms. The van der Waals surface area contributed by atoms with Crippen LogP contribution >= 0.6 is 0 Å². The maximum atomic E-state index is 4.67. The Kier molecular flexibility index (Phi) is 5.92. The first-order chi connectivity index (χ1) is 9.31. The van der Waals surface area contributed by atoms with Crippen molar-refractivity contribution in [3.8, 4) is 0 Å². The van der Waals surface area contributed by atoms with Crippen molar-refractivity contribution in [1.29, 1.82) is 0 Å². The van der Waals surface area contributed by atoms with Gasteiger partial charge in [0.1, 0.15) is 0 Å². The van der Waals surface area contributed by atoms with Gasteiger partial charge in [-0.25, -0.2) is 0 Å². The smallest absolute Gasteiger partial charge is 0.191 e. The fourth-order valence-electron chi connectivity index (χ4n) is 2.37. The van der Waals surface area contributed by atoms with Gasteiger partial charge in [-0.05, 0) is 26.3 Å². The highest BCUT2D eigenvalue weighted by molar-refractivity contribution is 5.80. The molecule has 110 valence electrons. The summed E-state index contributed by atoms with van der Waals surface area (Å²) in [6.07, 6.45) is 2.59. The second-order valence-corrected chi connectivity index (χ2v) is 5.46. The molecule has 1 saturated heterocycles. The average molecular weight is 267 g/mol. The summed E-state index contributed by atoms with van der Waals surface area (Å²) in [7, 11) is 0. The lowest BCUT2D eigenvalue weighted by Crippen LogP contribution is -2.47. The minimum atomic E-state index is 0.672. The van der Waals surface area contributed by atoms with Crippen molar-refractivity contribution in [1.82, 2.24) is 20.4 Å². The van der Waals surface area contributed by atoms with Gasteiger partial charge in [0.25, 0.3) is 0 Å². The van der Waals surface area contributed by atoms with Crippen molar-refractivity contribution in [2.24, 2.45) is 4.99 Å². The van der Waals surface area contributed by atoms with Gasteiger partial charge in [0.05, 0.1) is 6.54 Å². The van der Waals surface area contributed by atoms with Gasteiger partial charge in [0, 0.05) is 45.3 Å². The van der Waals surface area contributed by atoms with Crippen molar-refractivity contribution in [2.75, 3.05) is 52.4 Å². The van der Waals surface area contributed by atoms with Crippen LogP contribution in [0.4, 0.5) is 0 Å². The number of rotatable bonds is 6. The third-order valence-corrected chi connectivity index (χ3v) is 3.86. The van der Waals surface area contributed by atoms with Gasteiger partial charge in [0.15, 0.2) is 5.96 Å². The highest BCUT2D eigenvalue weighted by Gasteiger charge is 2.22. The minimum absolute atomic E-state index is 0.672. The summed E-state index contributed by atoms with van der Waals surface area (Å²) in [6, 6.07) is 0.672. The SMILES string of the molecule is CCNC(=NCCN1CCN(CC)CC1)NC1CC1. The van der Waals surface area contributed by atoms with Crippen molar-refractivity contribution < 1.29 is 0 Å². The molecule has 2 N–H and O–H groups in total. The largest absolute Gasteiger partial charge is 0.357 e. The fourth-order valence-corrected chi connectivity index (χ4v) is 2.37. The van der Waals surface area contributed by atoms with E-state index in [9.17, 15) is 0 Å². The predicted molar refractivity (Wildman–Crippen MR) is 80.7 cm³/mol. The Hall–Kier alpha value is -0.810. The molecule has 0 aromatic heterocycles. The molecule has 1 heterocycles. The van der Waals surface area contributed by atoms with Crippen LogP contribution in [0.15, 0.2) is 4.99 Å². The second-order valence-electron chi connectivity index (χ2n) is 5.46. The molecule has 0 atom stereocenters. The molecule has 0 spiro atoms. The van der Waals surface area contributed by atoms with Gasteiger partial charge in [0.2, 0.25) is 0 Å². The molecule has 1 aliphatic heterocycles. The quantitative estimate of drug-likeness (QED) is 0.538. The molecule has 2 rings (SSSR count). The number of guanidine groups is 1. The van der Waals surface area contributed by atoms with E-state index < -0.39 is 0 Å². The first-order valence-electron chi connectivity index (χ1n) is 7.81. The van der Waals surface area contributed by atoms with Crippen molar-refractivity contribution >= 4 is 5.96 Å². The van der Waals surface area contributed by atoms with Crippen LogP contribution < -0.4 is 10.6 Å². The van der Waals surface area contributed by atoms with Crippen LogP contribution in [0.2, 0.25) is 0 Å². The third kappa shape index (κ3) is 5.37. The third-order valence-electron chi connectivity index (χ3n) is 3.86. The Labute approximate surface area is 117 Å². The molecule has 2 aliphatic rings. The van der Waals surface area contributed by atoms with E-state index in [0.29, 0.717) is 6.04 Å². The second kappa shape index (κ2) is 7.70. The van der Waals surface area contributed by atoms with E-state index >= 15 is 0 Å². The van der Waals surface area contributed by atoms with Crippen molar-refractivity contribution in [2.45, 2.75) is 32.7 Å². The number of hydrogen-bond donors (Lipinski definition) is 2. The molecule has 0 unspecified atom stereocenters. The van der Waals surface area contributed by atoms with Gasteiger partial charge < -0.3 is 15.5 Å². The van der Waals surface area contributed by atoms with E-state index in [1.807, 2.05) is 0 Å². The molecule has 0 radical (unpaired) electrons. The Morgan fingerprint density at radius 1 is 1.11 bits per heavy atom. The van der Waals surface area contributed by atoms with Gasteiger partial charge in [-0.3, -0.25) is 9.89 Å². The Morgan fingerprint density at radius 3 is 2.37 bits per heavy atom. The van der Waals surface area contributed by atoms with Gasteiger partial charge >= 0.3 is 0 Å². The number of nitrogens with zero attached hydrogens (tertiary/aromatic N) is 3. The molecule has 5 nitrogen and oxygen atoms in total. The van der Waals surface area contributed by atoms with Gasteiger partial charge in [-0.15, -0.1) is 0 Å². The fraction of sp³-hybridized carbons (Fsp3) is 0.929. The first-order valence-corrected chi connectivity index (χ1v) is 7.81. The molecule has 0 aromatic rings. The molecular formula is C14H29N5. The molecule has 1 aliphatic carbocycles. The van der Waals surface area contributed by atoms with Crippen LogP contribution in [-0.4, -0.2) is 74.2 Å². The van der Waals surface area contributed by atoms with E-state index in [4.69, 9.17) is 0 Å². The lowest BCUT2D eigenvalue weighted by atomic mass is 10.3. The number of hydrogen-bond acceptors (Lipinski definition) is 3. The molecule has 5 heteroatoms. The minimum Gasteiger partial charge on any atom is -0.357 e. The normalized spacial score (nSPS) is 22.5. The van der Waals surface area contributed by atoms with Crippen LogP contribution in [0.25, 0.3) is 0 Å². The first kappa shape index (κ1) is 14.6. The van der Waals surface area contributed by atoms with E-state index in [2.05, 4.69) is 39.3 Å². The lowest BCUT2D eigenvalue weighted by Gasteiger charge is -2.33. The van der Waals surface area contributed by atoms with Crippen LogP contribution in [-0.2, 0) is 0 Å². The van der Waals surface area contributed by atoms with Crippen LogP contribution in [0.5, 0.6) is 0 Å². The highest BCUT2D eigenvalue weighted by atomic mass is 15.3. The Bertz CT molecular complexity index is 280. The number of piperazine rings is 1. The zero-order valence-electron chi connectivity index (χ0n) is 12.5. The summed E-state index contributed by atoms with van der Waals surface area (Å²) in [5.74, 6) is 0.997. The van der Waals surface area contributed by atoms with Gasteiger partial charge in [-0.2, -0.15) is 0 Å². The number of likely N-dealkylation sites (N-methyl/N-ethyl adjacent to an activating group) is 1. The van der Waals surface area contributed by atoms with Crippen LogP contribution in [0, 0.1) is 0 Å². The Morgan fingerprint density at radius 2 is 1.79 bits per heavy atom. The lowest BCUT2D eigenvalue weighted by molar-refractivity contribution is 0.140. The van der Waals surface area contributed by atoms with Gasteiger partial charge in [-0.1, -0.05) is 6.92 Å². The molecule has 2 fully saturated rings. The number of nitrogens with one attached hydrogen (secondary N) is 2. The molecular weight excluding hydrogens is 238 g/mol. The van der Waals surface area contributed by atoms with Crippen LogP contribution in [0.1, 0.15) is 26.7 Å². The highest BCUT2D eigenvalue weighted by Crippen LogP contribution is 2.18. The number of aliphatic imine (C=N–C) groups is 1. The molecule has 0 aromatic carbocycles. The zero-order valence-corrected chi connectivity index (χ0v) is 12.5. The summed E-state index contributed by atoms with van der Waals surface area (Å²) >= 11 is 0. The van der Waals surface area contributed by atoms with E-state index in [1.165, 1.54) is 45.6 Å². The van der Waals surface area contributed by atoms with E-state index in [-0.39, 0.29) is 0 Å². The average Bonchev–Trinajstić information content (AvgIpc) is 3.24. The maximum Gasteiger partial charge on any atom is 0.191 e. The summed E-state index contributed by atoms with van der Waals surface area (Å²) < 4.78 is 0. The monoisotopic (exact) mass is 267 g/mol. The van der Waals surface area contributed by atoms with Crippen molar-refractivity contribution in [3.63, 3.8) is 0 Å². The molecule has 1 saturated carbocycles. The van der Waals surface area contributed by atoms with Crippen LogP contribution in [0.3, 0.4) is 0 Å². The summed E-state index contributed by atoms with van der Waals surface area (Å²) in [6.45, 7) is 13.3. The predicted octanol–water partition coefficient (Wildman–Crippen LogP) is 0.341. The molecule has 0 bridgehead atoms. The standard InChI is InChI=1S/C14H29N5/c1-3-15-14(17-13-5-6-13)16-7-8-19-11-9-18(4-2)10-12-19/h13H,3-12H2,1-2H3,(H2,15,16,17). The summed E-state index contributed by atoms with van der Waals surface area (Å²) in [5.41, 5.74) is 0. The van der Waals surface area contributed by atoms with E-state index in [1.54, 1.807) is 0 Å². The topological polar surface area (TPSA) is 42.9 Å². The molecule has 0 amide bonds. The summed E-state index contributed by atoms with van der Waals surface area (Å²) in [5, 5.41) is 6.78.